The molecule has 4 aromatic carbocycles. The van der Waals surface area contributed by atoms with Crippen LogP contribution in [0.3, 0.4) is 0 Å². The van der Waals surface area contributed by atoms with Gasteiger partial charge in [0.25, 0.3) is 0 Å². The number of aromatic amines is 2. The summed E-state index contributed by atoms with van der Waals surface area (Å²) in [6, 6.07) is 22.4. The summed E-state index contributed by atoms with van der Waals surface area (Å²) < 4.78 is 0. The summed E-state index contributed by atoms with van der Waals surface area (Å²) in [5, 5.41) is 5.51. The Balaban J connectivity index is 1.54. The molecule has 2 heteroatoms. The Bertz CT molecular complexity index is 1570. The number of H-pyrrole nitrogens is 2. The Morgan fingerprint density at radius 1 is 0.500 bits per heavy atom. The first-order valence-corrected chi connectivity index (χ1v) is 11.0. The monoisotopic (exact) mass is 384 g/mol. The zero-order chi connectivity index (χ0) is 19.4. The highest BCUT2D eigenvalue weighted by molar-refractivity contribution is 6.14. The van der Waals surface area contributed by atoms with Crippen LogP contribution in [0.5, 0.6) is 0 Å². The highest BCUT2D eigenvalue weighted by Crippen LogP contribution is 2.48. The van der Waals surface area contributed by atoms with Crippen molar-refractivity contribution in [1.82, 2.24) is 9.97 Å². The van der Waals surface area contributed by atoms with E-state index in [1.165, 1.54) is 77.0 Å². The average molecular weight is 384 g/mol. The van der Waals surface area contributed by atoms with Gasteiger partial charge in [-0.2, -0.15) is 0 Å². The maximum atomic E-state index is 3.76. The van der Waals surface area contributed by atoms with E-state index >= 15 is 0 Å². The van der Waals surface area contributed by atoms with Crippen molar-refractivity contribution in [3.05, 3.63) is 82.9 Å². The quantitative estimate of drug-likeness (QED) is 0.288. The molecule has 0 amide bonds. The first-order chi connectivity index (χ1) is 14.9. The Hall–Kier alpha value is -3.52. The number of hydrogen-bond donors (Lipinski definition) is 2. The third-order valence-corrected chi connectivity index (χ3v) is 7.52. The van der Waals surface area contributed by atoms with Gasteiger partial charge in [0, 0.05) is 32.6 Å². The summed E-state index contributed by atoms with van der Waals surface area (Å²) in [4.78, 5) is 7.52. The van der Waals surface area contributed by atoms with Gasteiger partial charge in [0.2, 0.25) is 0 Å². The van der Waals surface area contributed by atoms with Crippen LogP contribution in [0.2, 0.25) is 0 Å². The number of aryl methyl sites for hydroxylation is 4. The largest absolute Gasteiger partial charge is 0.354 e. The van der Waals surface area contributed by atoms with Crippen LogP contribution in [0.4, 0.5) is 0 Å². The van der Waals surface area contributed by atoms with E-state index in [0.717, 1.165) is 25.7 Å². The van der Waals surface area contributed by atoms with Gasteiger partial charge in [0.05, 0.1) is 11.0 Å². The smallest absolute Gasteiger partial charge is 0.0503 e. The topological polar surface area (TPSA) is 31.6 Å². The summed E-state index contributed by atoms with van der Waals surface area (Å²) in [6.07, 6.45) is 4.48. The van der Waals surface area contributed by atoms with E-state index in [1.807, 2.05) is 0 Å². The highest BCUT2D eigenvalue weighted by Gasteiger charge is 2.30. The van der Waals surface area contributed by atoms with Crippen molar-refractivity contribution < 1.29 is 0 Å². The van der Waals surface area contributed by atoms with Gasteiger partial charge in [-0.15, -0.1) is 0 Å². The maximum absolute atomic E-state index is 3.76. The Labute approximate surface area is 173 Å². The molecule has 2 aliphatic carbocycles. The van der Waals surface area contributed by atoms with Gasteiger partial charge < -0.3 is 9.97 Å². The van der Waals surface area contributed by atoms with Gasteiger partial charge in [-0.05, 0) is 83.3 Å². The molecule has 0 radical (unpaired) electrons. The number of aromatic nitrogens is 2. The first kappa shape index (κ1) is 15.3. The fraction of sp³-hybridized carbons (Fsp3) is 0.143. The van der Waals surface area contributed by atoms with Crippen molar-refractivity contribution in [1.29, 1.82) is 0 Å². The van der Waals surface area contributed by atoms with Crippen LogP contribution in [0.15, 0.2) is 60.7 Å². The molecule has 0 spiro atoms. The fourth-order valence-corrected chi connectivity index (χ4v) is 6.27. The van der Waals surface area contributed by atoms with Crippen molar-refractivity contribution >= 4 is 43.6 Å². The van der Waals surface area contributed by atoms with E-state index in [4.69, 9.17) is 0 Å². The minimum Gasteiger partial charge on any atom is -0.354 e. The van der Waals surface area contributed by atoms with Gasteiger partial charge in [-0.3, -0.25) is 0 Å². The third kappa shape index (κ3) is 1.72. The van der Waals surface area contributed by atoms with Gasteiger partial charge in [-0.1, -0.05) is 36.4 Å². The predicted octanol–water partition coefficient (Wildman–Crippen LogP) is 6.82. The summed E-state index contributed by atoms with van der Waals surface area (Å²) >= 11 is 0. The molecule has 0 bridgehead atoms. The Morgan fingerprint density at radius 3 is 1.47 bits per heavy atom. The van der Waals surface area contributed by atoms with Crippen LogP contribution in [-0.2, 0) is 25.7 Å². The molecule has 2 aromatic heterocycles. The number of benzene rings is 4. The zero-order valence-corrected chi connectivity index (χ0v) is 16.6. The molecule has 0 atom stereocenters. The number of rotatable bonds is 0. The summed E-state index contributed by atoms with van der Waals surface area (Å²) in [5.41, 5.74) is 14.4. The lowest BCUT2D eigenvalue weighted by Crippen LogP contribution is -2.15. The minimum atomic E-state index is 1.10. The van der Waals surface area contributed by atoms with Crippen LogP contribution in [-0.4, -0.2) is 9.97 Å². The molecule has 2 aliphatic rings. The van der Waals surface area contributed by atoms with E-state index in [0.29, 0.717) is 0 Å². The second-order valence-corrected chi connectivity index (χ2v) is 8.96. The molecule has 2 nitrogen and oxygen atoms in total. The molecule has 0 aliphatic heterocycles. The second-order valence-electron chi connectivity index (χ2n) is 8.96. The summed E-state index contributed by atoms with van der Waals surface area (Å²) in [5.74, 6) is 0. The lowest BCUT2D eigenvalue weighted by Gasteiger charge is -2.30. The molecule has 0 saturated heterocycles. The van der Waals surface area contributed by atoms with Crippen molar-refractivity contribution in [3.63, 3.8) is 0 Å². The van der Waals surface area contributed by atoms with E-state index in [9.17, 15) is 0 Å². The SMILES string of the molecule is c1ccc2c(c1)[nH]c1c3c4c(cc12)CCc1cc2c([nH]c5ccccc52)c(c1-4)CC3. The van der Waals surface area contributed by atoms with Crippen LogP contribution >= 0.6 is 0 Å². The molecule has 30 heavy (non-hydrogen) atoms. The molecular formula is C28H20N2. The van der Waals surface area contributed by atoms with E-state index < -0.39 is 0 Å². The van der Waals surface area contributed by atoms with Gasteiger partial charge >= 0.3 is 0 Å². The van der Waals surface area contributed by atoms with E-state index in [-0.39, 0.29) is 0 Å². The molecule has 0 unspecified atom stereocenters. The van der Waals surface area contributed by atoms with Crippen LogP contribution in [0, 0.1) is 0 Å². The second kappa shape index (κ2) is 5.14. The van der Waals surface area contributed by atoms with E-state index in [1.54, 1.807) is 0 Å². The molecule has 2 heterocycles. The number of nitrogens with one attached hydrogen (secondary N) is 2. The molecule has 8 rings (SSSR count). The summed E-state index contributed by atoms with van der Waals surface area (Å²) in [7, 11) is 0. The van der Waals surface area contributed by atoms with Gasteiger partial charge in [0.15, 0.2) is 0 Å². The molecule has 0 fully saturated rings. The zero-order valence-electron chi connectivity index (χ0n) is 16.6. The minimum absolute atomic E-state index is 1.10. The van der Waals surface area contributed by atoms with Crippen LogP contribution in [0.1, 0.15) is 22.3 Å². The normalized spacial score (nSPS) is 14.8. The highest BCUT2D eigenvalue weighted by atomic mass is 14.7. The number of fused-ring (bicyclic) bond motifs is 8. The maximum Gasteiger partial charge on any atom is 0.0503 e. The van der Waals surface area contributed by atoms with Crippen molar-refractivity contribution in [2.75, 3.05) is 0 Å². The van der Waals surface area contributed by atoms with Crippen molar-refractivity contribution in [2.24, 2.45) is 0 Å². The lowest BCUT2D eigenvalue weighted by atomic mass is 9.74. The number of para-hydroxylation sites is 2. The van der Waals surface area contributed by atoms with Crippen LogP contribution in [0.25, 0.3) is 54.7 Å². The first-order valence-electron chi connectivity index (χ1n) is 11.0. The third-order valence-electron chi connectivity index (χ3n) is 7.52. The van der Waals surface area contributed by atoms with Crippen LogP contribution < -0.4 is 0 Å². The van der Waals surface area contributed by atoms with Crippen molar-refractivity contribution in [2.45, 2.75) is 25.7 Å². The lowest BCUT2D eigenvalue weighted by molar-refractivity contribution is 0.888. The summed E-state index contributed by atoms with van der Waals surface area (Å²) in [6.45, 7) is 0. The Kier molecular flexibility index (Phi) is 2.63. The molecule has 142 valence electrons. The molecule has 2 N–H and O–H groups in total. The fourth-order valence-electron chi connectivity index (χ4n) is 6.27. The predicted molar refractivity (Wildman–Crippen MR) is 125 cm³/mol. The van der Waals surface area contributed by atoms with Gasteiger partial charge in [-0.25, -0.2) is 0 Å². The molecular weight excluding hydrogens is 364 g/mol. The average Bonchev–Trinajstić information content (AvgIpc) is 3.35. The molecule has 0 saturated carbocycles. The Morgan fingerprint density at radius 2 is 0.967 bits per heavy atom. The van der Waals surface area contributed by atoms with E-state index in [2.05, 4.69) is 70.6 Å². The van der Waals surface area contributed by atoms with Gasteiger partial charge in [0.1, 0.15) is 0 Å². The standard InChI is InChI=1S/C28H20N2/c1-3-7-23-17(5-1)21-13-15-9-10-16-14-22-18-6-2-4-8-24(18)30-28(22)20-12-11-19(27(21)29-23)25(15)26(16)20/h1-8,13-14,29-30H,9-12H2. The molecule has 6 aromatic rings. The van der Waals surface area contributed by atoms with Crippen molar-refractivity contribution in [3.8, 4) is 11.1 Å². The number of hydrogen-bond acceptors (Lipinski definition) is 0.